The minimum absolute atomic E-state index is 0.000919. The molecule has 1 N–H and O–H groups in total. The van der Waals surface area contributed by atoms with Gasteiger partial charge in [0, 0.05) is 6.54 Å². The van der Waals surface area contributed by atoms with Crippen molar-refractivity contribution in [3.8, 4) is 0 Å². The summed E-state index contributed by atoms with van der Waals surface area (Å²) in [5.74, 6) is -0.362. The minimum Gasteiger partial charge on any atom is -0.374 e. The maximum Gasteiger partial charge on any atom is 0.261 e. The van der Waals surface area contributed by atoms with E-state index in [0.29, 0.717) is 0 Å². The molecule has 3 atom stereocenters. The number of carbonyl (C=O) groups is 2. The van der Waals surface area contributed by atoms with Crippen LogP contribution in [0.15, 0.2) is 0 Å². The van der Waals surface area contributed by atoms with Crippen LogP contribution in [0.4, 0.5) is 8.78 Å². The zero-order valence-corrected chi connectivity index (χ0v) is 12.1. The molecule has 3 unspecified atom stereocenters. The SMILES string of the molecule is CCC(C)C1NC(=O)C(C)N(CCOCC(F)F)C1=O. The highest BCUT2D eigenvalue weighted by atomic mass is 19.3. The molecule has 0 bridgehead atoms. The number of hydrogen-bond donors (Lipinski definition) is 1. The van der Waals surface area contributed by atoms with Crippen molar-refractivity contribution in [3.63, 3.8) is 0 Å². The van der Waals surface area contributed by atoms with Gasteiger partial charge in [-0.3, -0.25) is 9.59 Å². The molecule has 1 saturated heterocycles. The quantitative estimate of drug-likeness (QED) is 0.713. The number of carbonyl (C=O) groups excluding carboxylic acids is 2. The van der Waals surface area contributed by atoms with Crippen molar-refractivity contribution in [1.82, 2.24) is 10.2 Å². The summed E-state index contributed by atoms with van der Waals surface area (Å²) in [5.41, 5.74) is 0. The largest absolute Gasteiger partial charge is 0.374 e. The number of nitrogens with one attached hydrogen (secondary N) is 1. The van der Waals surface area contributed by atoms with E-state index in [-0.39, 0.29) is 30.9 Å². The number of amides is 2. The Bertz CT molecular complexity index is 353. The van der Waals surface area contributed by atoms with E-state index >= 15 is 0 Å². The van der Waals surface area contributed by atoms with Crippen LogP contribution in [0.3, 0.4) is 0 Å². The van der Waals surface area contributed by atoms with Gasteiger partial charge in [-0.05, 0) is 12.8 Å². The third-order valence-corrected chi connectivity index (χ3v) is 3.63. The highest BCUT2D eigenvalue weighted by Crippen LogP contribution is 2.17. The number of halogens is 2. The van der Waals surface area contributed by atoms with E-state index in [0.717, 1.165) is 6.42 Å². The van der Waals surface area contributed by atoms with Crippen molar-refractivity contribution in [1.29, 1.82) is 0 Å². The number of piperazine rings is 1. The Morgan fingerprint density at radius 3 is 2.60 bits per heavy atom. The van der Waals surface area contributed by atoms with Gasteiger partial charge in [-0.15, -0.1) is 0 Å². The molecule has 20 heavy (non-hydrogen) atoms. The fraction of sp³-hybridized carbons (Fsp3) is 0.846. The van der Waals surface area contributed by atoms with Gasteiger partial charge in [0.05, 0.1) is 6.61 Å². The molecular formula is C13H22F2N2O3. The van der Waals surface area contributed by atoms with Crippen LogP contribution >= 0.6 is 0 Å². The maximum atomic E-state index is 12.3. The fourth-order valence-corrected chi connectivity index (χ4v) is 2.11. The monoisotopic (exact) mass is 292 g/mol. The van der Waals surface area contributed by atoms with Crippen molar-refractivity contribution in [2.45, 2.75) is 45.7 Å². The molecule has 5 nitrogen and oxygen atoms in total. The molecule has 0 aliphatic carbocycles. The Morgan fingerprint density at radius 1 is 1.40 bits per heavy atom. The molecule has 0 aromatic carbocycles. The summed E-state index contributed by atoms with van der Waals surface area (Å²) in [4.78, 5) is 25.6. The van der Waals surface area contributed by atoms with Gasteiger partial charge in [0.25, 0.3) is 6.43 Å². The summed E-state index contributed by atoms with van der Waals surface area (Å²) < 4.78 is 28.7. The molecule has 1 heterocycles. The molecule has 2 amide bonds. The van der Waals surface area contributed by atoms with Crippen LogP contribution in [0, 0.1) is 5.92 Å². The predicted octanol–water partition coefficient (Wildman–Crippen LogP) is 1.03. The van der Waals surface area contributed by atoms with E-state index in [1.54, 1.807) is 6.92 Å². The molecule has 1 aliphatic rings. The predicted molar refractivity (Wildman–Crippen MR) is 69.4 cm³/mol. The number of alkyl halides is 2. The molecule has 116 valence electrons. The number of rotatable bonds is 7. The van der Waals surface area contributed by atoms with E-state index in [1.165, 1.54) is 4.90 Å². The average molecular weight is 292 g/mol. The normalized spacial score (nSPS) is 25.0. The van der Waals surface area contributed by atoms with Gasteiger partial charge < -0.3 is 15.0 Å². The van der Waals surface area contributed by atoms with Crippen LogP contribution in [0.1, 0.15) is 27.2 Å². The molecule has 0 aromatic rings. The second-order valence-electron chi connectivity index (χ2n) is 5.05. The smallest absolute Gasteiger partial charge is 0.261 e. The maximum absolute atomic E-state index is 12.3. The summed E-state index contributed by atoms with van der Waals surface area (Å²) in [5, 5.41) is 2.71. The molecule has 1 fully saturated rings. The van der Waals surface area contributed by atoms with E-state index in [2.05, 4.69) is 5.32 Å². The van der Waals surface area contributed by atoms with Gasteiger partial charge in [-0.2, -0.15) is 0 Å². The molecule has 1 rings (SSSR count). The van der Waals surface area contributed by atoms with Gasteiger partial charge >= 0.3 is 0 Å². The molecule has 0 aromatic heterocycles. The Balaban J connectivity index is 2.61. The summed E-state index contributed by atoms with van der Waals surface area (Å²) in [6.45, 7) is 4.95. The summed E-state index contributed by atoms with van der Waals surface area (Å²) >= 11 is 0. The van der Waals surface area contributed by atoms with Gasteiger partial charge in [-0.1, -0.05) is 20.3 Å². The van der Waals surface area contributed by atoms with E-state index < -0.39 is 25.1 Å². The Hall–Kier alpha value is -1.24. The van der Waals surface area contributed by atoms with Crippen LogP contribution in [0.2, 0.25) is 0 Å². The lowest BCUT2D eigenvalue weighted by Crippen LogP contribution is -2.64. The second kappa shape index (κ2) is 7.52. The first kappa shape index (κ1) is 16.8. The number of hydrogen-bond acceptors (Lipinski definition) is 3. The van der Waals surface area contributed by atoms with Gasteiger partial charge in [0.1, 0.15) is 18.7 Å². The van der Waals surface area contributed by atoms with Crippen LogP contribution in [-0.4, -0.2) is 55.0 Å². The van der Waals surface area contributed by atoms with E-state index in [9.17, 15) is 18.4 Å². The van der Waals surface area contributed by atoms with Gasteiger partial charge in [0.15, 0.2) is 0 Å². The molecule has 0 spiro atoms. The second-order valence-corrected chi connectivity index (χ2v) is 5.05. The Kier molecular flexibility index (Phi) is 6.32. The highest BCUT2D eigenvalue weighted by Gasteiger charge is 2.39. The van der Waals surface area contributed by atoms with Gasteiger partial charge in [-0.25, -0.2) is 8.78 Å². The Labute approximate surface area is 117 Å². The third kappa shape index (κ3) is 4.13. The molecule has 0 radical (unpaired) electrons. The average Bonchev–Trinajstić information content (AvgIpc) is 2.40. The third-order valence-electron chi connectivity index (χ3n) is 3.63. The van der Waals surface area contributed by atoms with Crippen molar-refractivity contribution in [2.75, 3.05) is 19.8 Å². The van der Waals surface area contributed by atoms with Crippen molar-refractivity contribution < 1.29 is 23.1 Å². The first-order chi connectivity index (χ1) is 9.38. The van der Waals surface area contributed by atoms with Crippen LogP contribution < -0.4 is 5.32 Å². The first-order valence-corrected chi connectivity index (χ1v) is 6.85. The van der Waals surface area contributed by atoms with Crippen LogP contribution in [-0.2, 0) is 14.3 Å². The highest BCUT2D eigenvalue weighted by molar-refractivity contribution is 5.96. The van der Waals surface area contributed by atoms with E-state index in [4.69, 9.17) is 4.74 Å². The summed E-state index contributed by atoms with van der Waals surface area (Å²) in [6, 6.07) is -1.14. The van der Waals surface area contributed by atoms with Crippen LogP contribution in [0.25, 0.3) is 0 Å². The lowest BCUT2D eigenvalue weighted by Gasteiger charge is -2.39. The summed E-state index contributed by atoms with van der Waals surface area (Å²) in [7, 11) is 0. The molecular weight excluding hydrogens is 270 g/mol. The zero-order valence-electron chi connectivity index (χ0n) is 12.1. The number of nitrogens with zero attached hydrogens (tertiary/aromatic N) is 1. The van der Waals surface area contributed by atoms with Gasteiger partial charge in [0.2, 0.25) is 11.8 Å². The van der Waals surface area contributed by atoms with Crippen molar-refractivity contribution in [2.24, 2.45) is 5.92 Å². The minimum atomic E-state index is -2.53. The fourth-order valence-electron chi connectivity index (χ4n) is 2.11. The first-order valence-electron chi connectivity index (χ1n) is 6.85. The van der Waals surface area contributed by atoms with Crippen molar-refractivity contribution in [3.05, 3.63) is 0 Å². The molecule has 0 saturated carbocycles. The lowest BCUT2D eigenvalue weighted by molar-refractivity contribution is -0.151. The Morgan fingerprint density at radius 2 is 2.05 bits per heavy atom. The number of ether oxygens (including phenoxy) is 1. The molecule has 7 heteroatoms. The standard InChI is InChI=1S/C13H22F2N2O3/c1-4-8(2)11-13(19)17(9(3)12(18)16-11)5-6-20-7-10(14)15/h8-11H,4-7H2,1-3H3,(H,16,18). The van der Waals surface area contributed by atoms with E-state index in [1.807, 2.05) is 13.8 Å². The zero-order chi connectivity index (χ0) is 15.3. The topological polar surface area (TPSA) is 58.6 Å². The van der Waals surface area contributed by atoms with Crippen LogP contribution in [0.5, 0.6) is 0 Å². The molecule has 1 aliphatic heterocycles. The lowest BCUT2D eigenvalue weighted by atomic mass is 9.94. The van der Waals surface area contributed by atoms with Crippen molar-refractivity contribution >= 4 is 11.8 Å². The summed E-state index contributed by atoms with van der Waals surface area (Å²) in [6.07, 6.45) is -1.76.